The maximum Gasteiger partial charge on any atom is 0.239 e. The molecule has 1 atom stereocenters. The molecule has 0 aliphatic rings. The van der Waals surface area contributed by atoms with Crippen molar-refractivity contribution in [2.75, 3.05) is 18.6 Å². The van der Waals surface area contributed by atoms with E-state index >= 15 is 0 Å². The van der Waals surface area contributed by atoms with Crippen LogP contribution in [0.2, 0.25) is 0 Å². The van der Waals surface area contributed by atoms with Crippen molar-refractivity contribution in [1.82, 2.24) is 5.32 Å². The van der Waals surface area contributed by atoms with Crippen molar-refractivity contribution in [3.63, 3.8) is 0 Å². The van der Waals surface area contributed by atoms with Crippen LogP contribution in [0.5, 0.6) is 0 Å². The van der Waals surface area contributed by atoms with Crippen LogP contribution in [0, 0.1) is 0 Å². The Morgan fingerprint density at radius 3 is 2.40 bits per heavy atom. The van der Waals surface area contributed by atoms with E-state index in [9.17, 15) is 13.2 Å². The molecule has 15 heavy (non-hydrogen) atoms. The number of nitrogens with one attached hydrogen (secondary N) is 1. The summed E-state index contributed by atoms with van der Waals surface area (Å²) in [4.78, 5) is 11.5. The Labute approximate surface area is 91.3 Å². The van der Waals surface area contributed by atoms with Gasteiger partial charge in [-0.05, 0) is 13.3 Å². The van der Waals surface area contributed by atoms with Crippen molar-refractivity contribution in [2.45, 2.75) is 32.2 Å². The second kappa shape index (κ2) is 5.46. The second-order valence-electron chi connectivity index (χ2n) is 4.05. The molecule has 0 saturated heterocycles. The van der Waals surface area contributed by atoms with Gasteiger partial charge in [0.1, 0.15) is 9.84 Å². The highest BCUT2D eigenvalue weighted by molar-refractivity contribution is 7.90. The minimum Gasteiger partial charge on any atom is -0.353 e. The molecule has 0 aliphatic heterocycles. The lowest BCUT2D eigenvalue weighted by atomic mass is 9.97. The first-order valence-electron chi connectivity index (χ1n) is 4.94. The monoisotopic (exact) mass is 236 g/mol. The first-order valence-corrected chi connectivity index (χ1v) is 7.00. The van der Waals surface area contributed by atoms with Gasteiger partial charge in [0.2, 0.25) is 5.91 Å². The van der Waals surface area contributed by atoms with E-state index in [1.807, 2.05) is 6.92 Å². The van der Waals surface area contributed by atoms with Crippen LogP contribution >= 0.6 is 0 Å². The van der Waals surface area contributed by atoms with Crippen molar-refractivity contribution >= 4 is 15.7 Å². The number of hydrogen-bond acceptors (Lipinski definition) is 4. The number of hydrogen-bond donors (Lipinski definition) is 2. The topological polar surface area (TPSA) is 89.3 Å². The molecule has 5 nitrogen and oxygen atoms in total. The molecule has 1 amide bonds. The second-order valence-corrected chi connectivity index (χ2v) is 6.31. The largest absolute Gasteiger partial charge is 0.353 e. The van der Waals surface area contributed by atoms with Crippen molar-refractivity contribution in [3.8, 4) is 0 Å². The van der Waals surface area contributed by atoms with Gasteiger partial charge in [-0.2, -0.15) is 0 Å². The molecule has 0 aliphatic carbocycles. The highest BCUT2D eigenvalue weighted by Gasteiger charge is 2.26. The average Bonchev–Trinajstić information content (AvgIpc) is 2.01. The van der Waals surface area contributed by atoms with Gasteiger partial charge in [0.25, 0.3) is 0 Å². The summed E-state index contributed by atoms with van der Waals surface area (Å²) >= 11 is 0. The smallest absolute Gasteiger partial charge is 0.239 e. The average molecular weight is 236 g/mol. The van der Waals surface area contributed by atoms with Crippen LogP contribution in [-0.4, -0.2) is 38.4 Å². The van der Waals surface area contributed by atoms with E-state index < -0.39 is 15.4 Å². The number of amides is 1. The SMILES string of the molecule is CCCC(C)(N)C(=O)NCCS(C)(=O)=O. The fraction of sp³-hybridized carbons (Fsp3) is 0.889. The number of carbonyl (C=O) groups excluding carboxylic acids is 1. The van der Waals surface area contributed by atoms with E-state index in [1.54, 1.807) is 6.92 Å². The van der Waals surface area contributed by atoms with E-state index in [1.165, 1.54) is 0 Å². The summed E-state index contributed by atoms with van der Waals surface area (Å²) in [5.74, 6) is -0.353. The number of rotatable bonds is 6. The highest BCUT2D eigenvalue weighted by Crippen LogP contribution is 2.07. The summed E-state index contributed by atoms with van der Waals surface area (Å²) in [6, 6.07) is 0. The first kappa shape index (κ1) is 14.4. The van der Waals surface area contributed by atoms with Gasteiger partial charge >= 0.3 is 0 Å². The molecule has 0 radical (unpaired) electrons. The van der Waals surface area contributed by atoms with Gasteiger partial charge in [-0.1, -0.05) is 13.3 Å². The molecule has 0 heterocycles. The molecule has 6 heteroatoms. The molecule has 0 saturated carbocycles. The minimum atomic E-state index is -3.03. The Balaban J connectivity index is 4.04. The van der Waals surface area contributed by atoms with E-state index in [4.69, 9.17) is 5.73 Å². The zero-order valence-corrected chi connectivity index (χ0v) is 10.4. The van der Waals surface area contributed by atoms with E-state index in [0.29, 0.717) is 6.42 Å². The van der Waals surface area contributed by atoms with Gasteiger partial charge in [0.15, 0.2) is 0 Å². The zero-order chi connectivity index (χ0) is 12.1. The predicted molar refractivity (Wildman–Crippen MR) is 60.2 cm³/mol. The molecule has 0 aromatic carbocycles. The van der Waals surface area contributed by atoms with Crippen LogP contribution in [0.3, 0.4) is 0 Å². The molecule has 0 aromatic rings. The summed E-state index contributed by atoms with van der Waals surface area (Å²) < 4.78 is 21.6. The van der Waals surface area contributed by atoms with Crippen LogP contribution in [0.1, 0.15) is 26.7 Å². The van der Waals surface area contributed by atoms with E-state index in [2.05, 4.69) is 5.32 Å². The maximum atomic E-state index is 11.5. The predicted octanol–water partition coefficient (Wildman–Crippen LogP) is -0.335. The molecular formula is C9H20N2O3S. The third-order valence-corrected chi connectivity index (χ3v) is 2.99. The summed E-state index contributed by atoms with van der Waals surface area (Å²) in [7, 11) is -3.03. The lowest BCUT2D eigenvalue weighted by molar-refractivity contribution is -0.125. The Bertz CT molecular complexity index is 309. The molecule has 0 aromatic heterocycles. The van der Waals surface area contributed by atoms with Crippen LogP contribution in [0.15, 0.2) is 0 Å². The molecule has 0 fully saturated rings. The Morgan fingerprint density at radius 2 is 2.00 bits per heavy atom. The fourth-order valence-corrected chi connectivity index (χ4v) is 1.66. The lowest BCUT2D eigenvalue weighted by Gasteiger charge is -2.22. The first-order chi connectivity index (χ1) is 6.69. The molecular weight excluding hydrogens is 216 g/mol. The van der Waals surface area contributed by atoms with Gasteiger partial charge in [0.05, 0.1) is 11.3 Å². The van der Waals surface area contributed by atoms with Gasteiger partial charge in [-0.3, -0.25) is 4.79 Å². The molecule has 0 spiro atoms. The van der Waals surface area contributed by atoms with Crippen LogP contribution < -0.4 is 11.1 Å². The standard InChI is InChI=1S/C9H20N2O3S/c1-4-5-9(2,10)8(12)11-6-7-15(3,13)14/h4-7,10H2,1-3H3,(H,11,12). The van der Waals surface area contributed by atoms with Crippen LogP contribution in [0.25, 0.3) is 0 Å². The Morgan fingerprint density at radius 1 is 1.47 bits per heavy atom. The van der Waals surface area contributed by atoms with Crippen molar-refractivity contribution in [1.29, 1.82) is 0 Å². The van der Waals surface area contributed by atoms with Gasteiger partial charge in [0, 0.05) is 12.8 Å². The van der Waals surface area contributed by atoms with Crippen LogP contribution in [0.4, 0.5) is 0 Å². The molecule has 0 bridgehead atoms. The number of carbonyl (C=O) groups is 1. The quantitative estimate of drug-likeness (QED) is 0.660. The maximum absolute atomic E-state index is 11.5. The third-order valence-electron chi connectivity index (χ3n) is 2.05. The zero-order valence-electron chi connectivity index (χ0n) is 9.54. The summed E-state index contributed by atoms with van der Waals surface area (Å²) in [6.07, 6.45) is 2.52. The molecule has 0 rings (SSSR count). The van der Waals surface area contributed by atoms with Gasteiger partial charge in [-0.15, -0.1) is 0 Å². The summed E-state index contributed by atoms with van der Waals surface area (Å²) in [6.45, 7) is 3.70. The Kier molecular flexibility index (Phi) is 5.23. The normalized spacial score (nSPS) is 15.7. The molecule has 90 valence electrons. The van der Waals surface area contributed by atoms with Crippen molar-refractivity contribution in [3.05, 3.63) is 0 Å². The third kappa shape index (κ3) is 6.46. The highest BCUT2D eigenvalue weighted by atomic mass is 32.2. The molecule has 3 N–H and O–H groups in total. The minimum absolute atomic E-state index is 0.0546. The number of sulfone groups is 1. The van der Waals surface area contributed by atoms with Gasteiger partial charge < -0.3 is 11.1 Å². The van der Waals surface area contributed by atoms with E-state index in [-0.39, 0.29) is 18.2 Å². The van der Waals surface area contributed by atoms with Gasteiger partial charge in [-0.25, -0.2) is 8.42 Å². The van der Waals surface area contributed by atoms with Crippen molar-refractivity contribution < 1.29 is 13.2 Å². The van der Waals surface area contributed by atoms with Crippen LogP contribution in [-0.2, 0) is 14.6 Å². The molecule has 1 unspecified atom stereocenters. The Hall–Kier alpha value is -0.620. The van der Waals surface area contributed by atoms with E-state index in [0.717, 1.165) is 12.7 Å². The fourth-order valence-electron chi connectivity index (χ4n) is 1.18. The summed E-state index contributed by atoms with van der Waals surface area (Å²) in [5, 5.41) is 2.52. The summed E-state index contributed by atoms with van der Waals surface area (Å²) in [5.41, 5.74) is 4.85. The lowest BCUT2D eigenvalue weighted by Crippen LogP contribution is -2.52. The van der Waals surface area contributed by atoms with Crippen molar-refractivity contribution in [2.24, 2.45) is 5.73 Å². The number of nitrogens with two attached hydrogens (primary N) is 1.